The van der Waals surface area contributed by atoms with Crippen LogP contribution in [0, 0.1) is 52.3 Å². The van der Waals surface area contributed by atoms with Crippen molar-refractivity contribution < 1.29 is 4.79 Å². The minimum Gasteiger partial charge on any atom is -0.295 e. The van der Waals surface area contributed by atoms with Gasteiger partial charge in [-0.15, -0.1) is 0 Å². The quantitative estimate of drug-likeness (QED) is 0.400. The summed E-state index contributed by atoms with van der Waals surface area (Å²) in [7, 11) is 0. The molecule has 0 bridgehead atoms. The van der Waals surface area contributed by atoms with Gasteiger partial charge in [0.25, 0.3) is 0 Å². The van der Waals surface area contributed by atoms with Crippen molar-refractivity contribution in [2.75, 3.05) is 0 Å². The lowest BCUT2D eigenvalue weighted by Gasteiger charge is -2.57. The average Bonchev–Trinajstić information content (AvgIpc) is 3.14. The molecular formula is C32H58O. The third kappa shape index (κ3) is 5.48. The monoisotopic (exact) mass is 458 g/mol. The topological polar surface area (TPSA) is 17.1 Å². The Morgan fingerprint density at radius 1 is 0.909 bits per heavy atom. The van der Waals surface area contributed by atoms with E-state index in [1.807, 2.05) is 27.7 Å². The Morgan fingerprint density at radius 2 is 1.58 bits per heavy atom. The zero-order valence-electron chi connectivity index (χ0n) is 24.1. The molecule has 0 saturated heterocycles. The van der Waals surface area contributed by atoms with Gasteiger partial charge in [0.2, 0.25) is 0 Å². The van der Waals surface area contributed by atoms with Gasteiger partial charge in [-0.25, -0.2) is 0 Å². The Kier molecular flexibility index (Phi) is 10.3. The van der Waals surface area contributed by atoms with Gasteiger partial charge in [-0.05, 0) is 97.4 Å². The molecule has 0 radical (unpaired) electrons. The summed E-state index contributed by atoms with van der Waals surface area (Å²) < 4.78 is 0. The Morgan fingerprint density at radius 3 is 2.21 bits per heavy atom. The van der Waals surface area contributed by atoms with Crippen LogP contribution in [-0.2, 0) is 4.79 Å². The summed E-state index contributed by atoms with van der Waals surface area (Å²) in [5.41, 5.74) is 2.23. The van der Waals surface area contributed by atoms with Gasteiger partial charge in [-0.1, -0.05) is 94.1 Å². The molecule has 3 saturated carbocycles. The largest absolute Gasteiger partial charge is 0.295 e. The third-order valence-electron chi connectivity index (χ3n) is 10.4. The molecule has 4 aliphatic rings. The Labute approximate surface area is 208 Å². The number of hydrogen-bond donors (Lipinski definition) is 0. The maximum atomic E-state index is 13.5. The second-order valence-electron chi connectivity index (χ2n) is 12.6. The van der Waals surface area contributed by atoms with Gasteiger partial charge in [0, 0.05) is 5.92 Å². The van der Waals surface area contributed by atoms with E-state index in [0.717, 1.165) is 23.7 Å². The molecule has 4 aliphatic carbocycles. The third-order valence-corrected chi connectivity index (χ3v) is 10.4. The zero-order chi connectivity index (χ0) is 25.0. The molecule has 0 heterocycles. The molecular weight excluding hydrogens is 400 g/mol. The van der Waals surface area contributed by atoms with Crippen molar-refractivity contribution in [3.8, 4) is 0 Å². The van der Waals surface area contributed by atoms with Crippen molar-refractivity contribution >= 4 is 5.78 Å². The highest BCUT2D eigenvalue weighted by molar-refractivity contribution is 5.94. The lowest BCUT2D eigenvalue weighted by atomic mass is 9.46. The molecule has 0 aromatic carbocycles. The first-order valence-electron chi connectivity index (χ1n) is 14.9. The summed E-state index contributed by atoms with van der Waals surface area (Å²) in [5, 5.41) is 0. The van der Waals surface area contributed by atoms with Crippen molar-refractivity contribution in [3.05, 3.63) is 11.6 Å². The van der Waals surface area contributed by atoms with Crippen molar-refractivity contribution in [1.82, 2.24) is 0 Å². The van der Waals surface area contributed by atoms with E-state index in [9.17, 15) is 4.79 Å². The van der Waals surface area contributed by atoms with Gasteiger partial charge in [0.05, 0.1) is 0 Å². The van der Waals surface area contributed by atoms with Crippen molar-refractivity contribution in [2.45, 2.75) is 133 Å². The van der Waals surface area contributed by atoms with Crippen molar-refractivity contribution in [3.63, 3.8) is 0 Å². The Hall–Kier alpha value is -0.590. The number of carbonyl (C=O) groups excluding carboxylic acids is 1. The molecule has 8 unspecified atom stereocenters. The maximum Gasteiger partial charge on any atom is 0.159 e. The highest BCUT2D eigenvalue weighted by Crippen LogP contribution is 2.66. The minimum atomic E-state index is 0.313. The first-order chi connectivity index (χ1) is 15.7. The van der Waals surface area contributed by atoms with E-state index in [1.54, 1.807) is 0 Å². The molecule has 3 fully saturated rings. The van der Waals surface area contributed by atoms with E-state index in [-0.39, 0.29) is 0 Å². The van der Waals surface area contributed by atoms with Gasteiger partial charge >= 0.3 is 0 Å². The molecule has 0 amide bonds. The molecule has 4 rings (SSSR count). The predicted octanol–water partition coefficient (Wildman–Crippen LogP) is 9.90. The van der Waals surface area contributed by atoms with Gasteiger partial charge in [0.15, 0.2) is 5.78 Å². The number of rotatable bonds is 5. The Balaban J connectivity index is 0.000000914. The first kappa shape index (κ1) is 28.6. The molecule has 0 aromatic heterocycles. The molecule has 1 heteroatoms. The van der Waals surface area contributed by atoms with Crippen LogP contribution in [-0.4, -0.2) is 5.78 Å². The van der Waals surface area contributed by atoms with Gasteiger partial charge in [-0.2, -0.15) is 0 Å². The number of allylic oxidation sites excluding steroid dienone is 2. The second-order valence-corrected chi connectivity index (χ2v) is 12.6. The van der Waals surface area contributed by atoms with E-state index in [4.69, 9.17) is 0 Å². The van der Waals surface area contributed by atoms with Crippen LogP contribution >= 0.6 is 0 Å². The Bertz CT molecular complexity index is 659. The summed E-state index contributed by atoms with van der Waals surface area (Å²) in [4.78, 5) is 13.5. The SMILES string of the molecule is CC.CC.CC(C)CCCC(C)C1CCC2C3C(=O)C=C4CC(C)CCC4(C)C3CCC12C. The lowest BCUT2D eigenvalue weighted by Crippen LogP contribution is -2.53. The fourth-order valence-electron chi connectivity index (χ4n) is 8.61. The summed E-state index contributed by atoms with van der Waals surface area (Å²) in [5.74, 6) is 5.33. The molecule has 0 N–H and O–H groups in total. The van der Waals surface area contributed by atoms with Gasteiger partial charge in [-0.3, -0.25) is 4.79 Å². The van der Waals surface area contributed by atoms with Crippen LogP contribution in [0.15, 0.2) is 11.6 Å². The van der Waals surface area contributed by atoms with Crippen molar-refractivity contribution in [1.29, 1.82) is 0 Å². The van der Waals surface area contributed by atoms with E-state index >= 15 is 0 Å². The number of carbonyl (C=O) groups is 1. The molecule has 0 aliphatic heterocycles. The average molecular weight is 459 g/mol. The van der Waals surface area contributed by atoms with E-state index < -0.39 is 0 Å². The van der Waals surface area contributed by atoms with Crippen LogP contribution in [0.4, 0.5) is 0 Å². The highest BCUT2D eigenvalue weighted by Gasteiger charge is 2.61. The van der Waals surface area contributed by atoms with Crippen LogP contribution in [0.25, 0.3) is 0 Å². The van der Waals surface area contributed by atoms with Crippen LogP contribution < -0.4 is 0 Å². The van der Waals surface area contributed by atoms with Crippen LogP contribution in [0.1, 0.15) is 133 Å². The first-order valence-corrected chi connectivity index (χ1v) is 14.9. The minimum absolute atomic E-state index is 0.313. The van der Waals surface area contributed by atoms with E-state index in [1.165, 1.54) is 69.8 Å². The zero-order valence-corrected chi connectivity index (χ0v) is 24.1. The smallest absolute Gasteiger partial charge is 0.159 e. The fourth-order valence-corrected chi connectivity index (χ4v) is 8.61. The van der Waals surface area contributed by atoms with E-state index in [0.29, 0.717) is 34.4 Å². The number of fused-ring (bicyclic) bond motifs is 5. The van der Waals surface area contributed by atoms with Crippen LogP contribution in [0.2, 0.25) is 0 Å². The van der Waals surface area contributed by atoms with Crippen LogP contribution in [0.5, 0.6) is 0 Å². The standard InChI is InChI=1S/C28H46O.2C2H6/c1-18(2)8-7-9-20(4)22-10-11-23-26-24(13-15-28(22,23)6)27(5)14-12-19(3)16-21(27)17-25(26)29;2*1-2/h17-20,22-24,26H,7-16H2,1-6H3;2*1-2H3. The molecule has 192 valence electrons. The second kappa shape index (κ2) is 11.9. The summed E-state index contributed by atoms with van der Waals surface area (Å²) >= 11 is 0. The molecule has 1 nitrogen and oxygen atoms in total. The summed E-state index contributed by atoms with van der Waals surface area (Å²) in [6, 6.07) is 0. The van der Waals surface area contributed by atoms with Gasteiger partial charge < -0.3 is 0 Å². The molecule has 8 atom stereocenters. The normalized spacial score (nSPS) is 40.3. The van der Waals surface area contributed by atoms with Crippen LogP contribution in [0.3, 0.4) is 0 Å². The van der Waals surface area contributed by atoms with Crippen molar-refractivity contribution in [2.24, 2.45) is 52.3 Å². The van der Waals surface area contributed by atoms with E-state index in [2.05, 4.69) is 47.6 Å². The predicted molar refractivity (Wildman–Crippen MR) is 145 cm³/mol. The summed E-state index contributed by atoms with van der Waals surface area (Å²) in [6.45, 7) is 22.7. The number of hydrogen-bond acceptors (Lipinski definition) is 1. The summed E-state index contributed by atoms with van der Waals surface area (Å²) in [6.07, 6.45) is 15.4. The molecule has 0 aromatic rings. The number of ketones is 1. The maximum absolute atomic E-state index is 13.5. The lowest BCUT2D eigenvalue weighted by molar-refractivity contribution is -0.134. The fraction of sp³-hybridized carbons (Fsp3) is 0.906. The molecule has 33 heavy (non-hydrogen) atoms. The van der Waals surface area contributed by atoms with Gasteiger partial charge in [0.1, 0.15) is 0 Å². The molecule has 0 spiro atoms. The highest BCUT2D eigenvalue weighted by atomic mass is 16.1.